The molecule has 2 N–H and O–H groups in total. The van der Waals surface area contributed by atoms with Crippen molar-refractivity contribution in [3.63, 3.8) is 0 Å². The fourth-order valence-electron chi connectivity index (χ4n) is 2.22. The second-order valence-corrected chi connectivity index (χ2v) is 5.32. The van der Waals surface area contributed by atoms with Gasteiger partial charge in [0.2, 0.25) is 0 Å². The van der Waals surface area contributed by atoms with E-state index in [0.29, 0.717) is 24.0 Å². The SMILES string of the molecule is CCOc1cc(/C=C/c2cc(=O)[nH]c(C3CC3)n2)ccc1O. The number of nitrogens with one attached hydrogen (secondary N) is 1. The van der Waals surface area contributed by atoms with Crippen molar-refractivity contribution in [2.75, 3.05) is 6.61 Å². The molecule has 0 saturated heterocycles. The number of ether oxygens (including phenoxy) is 1. The van der Waals surface area contributed by atoms with Gasteiger partial charge in [0.15, 0.2) is 11.5 Å². The van der Waals surface area contributed by atoms with E-state index in [-0.39, 0.29) is 11.3 Å². The van der Waals surface area contributed by atoms with Gasteiger partial charge in [0, 0.05) is 12.0 Å². The maximum atomic E-state index is 11.7. The largest absolute Gasteiger partial charge is 0.504 e. The summed E-state index contributed by atoms with van der Waals surface area (Å²) in [7, 11) is 0. The van der Waals surface area contributed by atoms with Crippen LogP contribution in [0.3, 0.4) is 0 Å². The van der Waals surface area contributed by atoms with Crippen molar-refractivity contribution in [2.45, 2.75) is 25.7 Å². The molecular weight excluding hydrogens is 280 g/mol. The number of aromatic hydroxyl groups is 1. The van der Waals surface area contributed by atoms with Crippen molar-refractivity contribution in [3.05, 3.63) is 51.7 Å². The number of hydrogen-bond acceptors (Lipinski definition) is 4. The summed E-state index contributed by atoms with van der Waals surface area (Å²) in [5.41, 5.74) is 1.38. The van der Waals surface area contributed by atoms with Crippen LogP contribution in [0.1, 0.15) is 42.8 Å². The van der Waals surface area contributed by atoms with Crippen LogP contribution in [0.15, 0.2) is 29.1 Å². The third-order valence-corrected chi connectivity index (χ3v) is 3.47. The molecule has 1 aromatic heterocycles. The average Bonchev–Trinajstić information content (AvgIpc) is 3.32. The Labute approximate surface area is 128 Å². The number of benzene rings is 1. The molecule has 1 fully saturated rings. The Kier molecular flexibility index (Phi) is 3.96. The van der Waals surface area contributed by atoms with E-state index in [1.807, 2.05) is 13.0 Å². The fraction of sp³-hybridized carbons (Fsp3) is 0.294. The van der Waals surface area contributed by atoms with Crippen LogP contribution < -0.4 is 10.3 Å². The molecule has 114 valence electrons. The van der Waals surface area contributed by atoms with Gasteiger partial charge in [-0.05, 0) is 43.5 Å². The van der Waals surface area contributed by atoms with E-state index in [9.17, 15) is 9.90 Å². The maximum absolute atomic E-state index is 11.7. The van der Waals surface area contributed by atoms with Gasteiger partial charge in [0.25, 0.3) is 5.56 Å². The van der Waals surface area contributed by atoms with E-state index in [2.05, 4.69) is 9.97 Å². The van der Waals surface area contributed by atoms with Crippen LogP contribution in [-0.4, -0.2) is 21.7 Å². The van der Waals surface area contributed by atoms with E-state index in [4.69, 9.17) is 4.74 Å². The number of rotatable bonds is 5. The van der Waals surface area contributed by atoms with Crippen LogP contribution in [0.5, 0.6) is 11.5 Å². The highest BCUT2D eigenvalue weighted by Crippen LogP contribution is 2.37. The molecule has 1 aromatic carbocycles. The lowest BCUT2D eigenvalue weighted by Gasteiger charge is -2.06. The molecule has 1 saturated carbocycles. The van der Waals surface area contributed by atoms with E-state index in [1.54, 1.807) is 24.3 Å². The molecule has 3 rings (SSSR count). The molecule has 0 bridgehead atoms. The second-order valence-electron chi connectivity index (χ2n) is 5.32. The minimum absolute atomic E-state index is 0.115. The molecule has 0 unspecified atom stereocenters. The highest BCUT2D eigenvalue weighted by Gasteiger charge is 2.26. The summed E-state index contributed by atoms with van der Waals surface area (Å²) in [6.07, 6.45) is 5.82. The van der Waals surface area contributed by atoms with Crippen LogP contribution in [0.4, 0.5) is 0 Å². The Bertz CT molecular complexity index is 761. The summed E-state index contributed by atoms with van der Waals surface area (Å²) in [6.45, 7) is 2.35. The molecule has 0 radical (unpaired) electrons. The molecule has 0 spiro atoms. The second kappa shape index (κ2) is 6.05. The lowest BCUT2D eigenvalue weighted by Crippen LogP contribution is -2.10. The molecule has 5 heteroatoms. The summed E-state index contributed by atoms with van der Waals surface area (Å²) in [5, 5.41) is 9.69. The fourth-order valence-corrected chi connectivity index (χ4v) is 2.22. The minimum Gasteiger partial charge on any atom is -0.504 e. The van der Waals surface area contributed by atoms with Gasteiger partial charge in [-0.15, -0.1) is 0 Å². The Morgan fingerprint density at radius 3 is 2.91 bits per heavy atom. The third-order valence-electron chi connectivity index (χ3n) is 3.47. The first kappa shape index (κ1) is 14.4. The monoisotopic (exact) mass is 298 g/mol. The van der Waals surface area contributed by atoms with Gasteiger partial charge in [-0.3, -0.25) is 4.79 Å². The number of H-pyrrole nitrogens is 1. The zero-order chi connectivity index (χ0) is 15.5. The van der Waals surface area contributed by atoms with Crippen molar-refractivity contribution in [2.24, 2.45) is 0 Å². The topological polar surface area (TPSA) is 75.2 Å². The lowest BCUT2D eigenvalue weighted by molar-refractivity contribution is 0.318. The molecule has 0 aliphatic heterocycles. The quantitative estimate of drug-likeness (QED) is 0.890. The Hall–Kier alpha value is -2.56. The highest BCUT2D eigenvalue weighted by atomic mass is 16.5. The Balaban J connectivity index is 1.84. The van der Waals surface area contributed by atoms with Crippen LogP contribution >= 0.6 is 0 Å². The summed E-state index contributed by atoms with van der Waals surface area (Å²) in [6, 6.07) is 6.60. The lowest BCUT2D eigenvalue weighted by atomic mass is 10.1. The smallest absolute Gasteiger partial charge is 0.251 e. The molecule has 5 nitrogen and oxygen atoms in total. The molecule has 1 aliphatic rings. The van der Waals surface area contributed by atoms with Gasteiger partial charge in [-0.1, -0.05) is 12.1 Å². The molecule has 0 amide bonds. The maximum Gasteiger partial charge on any atom is 0.251 e. The standard InChI is InChI=1S/C17H18N2O3/c1-2-22-15-9-11(4-8-14(15)20)3-7-13-10-16(21)19-17(18-13)12-5-6-12/h3-4,7-10,12,20H,2,5-6H2,1H3,(H,18,19,21)/b7-3+. The predicted octanol–water partition coefficient (Wildman–Crippen LogP) is 2.92. The molecule has 22 heavy (non-hydrogen) atoms. The van der Waals surface area contributed by atoms with E-state index < -0.39 is 0 Å². The number of aromatic nitrogens is 2. The number of nitrogens with zero attached hydrogens (tertiary/aromatic N) is 1. The highest BCUT2D eigenvalue weighted by molar-refractivity contribution is 5.69. The molecule has 1 heterocycles. The number of hydrogen-bond donors (Lipinski definition) is 2. The molecule has 1 aliphatic carbocycles. The summed E-state index contributed by atoms with van der Waals surface area (Å²) < 4.78 is 5.35. The zero-order valence-electron chi connectivity index (χ0n) is 12.4. The van der Waals surface area contributed by atoms with Gasteiger partial charge >= 0.3 is 0 Å². The van der Waals surface area contributed by atoms with Crippen LogP contribution in [0, 0.1) is 0 Å². The van der Waals surface area contributed by atoms with E-state index in [1.165, 1.54) is 6.07 Å². The molecular formula is C17H18N2O3. The number of phenolic OH excluding ortho intramolecular Hbond substituents is 1. The first-order chi connectivity index (χ1) is 10.7. The summed E-state index contributed by atoms with van der Waals surface area (Å²) >= 11 is 0. The number of phenols is 1. The van der Waals surface area contributed by atoms with E-state index in [0.717, 1.165) is 24.2 Å². The average molecular weight is 298 g/mol. The Morgan fingerprint density at radius 2 is 2.18 bits per heavy atom. The molecule has 2 aromatic rings. The van der Waals surface area contributed by atoms with Crippen molar-refractivity contribution >= 4 is 12.2 Å². The summed E-state index contributed by atoms with van der Waals surface area (Å²) in [5.74, 6) is 1.73. The van der Waals surface area contributed by atoms with Crippen LogP contribution in [0.25, 0.3) is 12.2 Å². The minimum atomic E-state index is -0.128. The predicted molar refractivity (Wildman–Crippen MR) is 85.0 cm³/mol. The Morgan fingerprint density at radius 1 is 1.36 bits per heavy atom. The van der Waals surface area contributed by atoms with Crippen LogP contribution in [-0.2, 0) is 0 Å². The van der Waals surface area contributed by atoms with E-state index >= 15 is 0 Å². The van der Waals surface area contributed by atoms with Crippen LogP contribution in [0.2, 0.25) is 0 Å². The third kappa shape index (κ3) is 3.36. The normalized spacial score (nSPS) is 14.4. The summed E-state index contributed by atoms with van der Waals surface area (Å²) in [4.78, 5) is 18.9. The first-order valence-electron chi connectivity index (χ1n) is 7.41. The van der Waals surface area contributed by atoms with Gasteiger partial charge in [-0.25, -0.2) is 4.98 Å². The van der Waals surface area contributed by atoms with Crippen molar-refractivity contribution in [1.82, 2.24) is 9.97 Å². The number of aromatic amines is 1. The molecule has 0 atom stereocenters. The van der Waals surface area contributed by atoms with Gasteiger partial charge in [0.1, 0.15) is 5.82 Å². The van der Waals surface area contributed by atoms with Gasteiger partial charge < -0.3 is 14.8 Å². The van der Waals surface area contributed by atoms with Crippen molar-refractivity contribution in [1.29, 1.82) is 0 Å². The zero-order valence-corrected chi connectivity index (χ0v) is 12.4. The first-order valence-corrected chi connectivity index (χ1v) is 7.41. The van der Waals surface area contributed by atoms with Gasteiger partial charge in [-0.2, -0.15) is 0 Å². The van der Waals surface area contributed by atoms with Crippen molar-refractivity contribution in [3.8, 4) is 11.5 Å². The van der Waals surface area contributed by atoms with Gasteiger partial charge in [0.05, 0.1) is 12.3 Å². The van der Waals surface area contributed by atoms with Crippen molar-refractivity contribution < 1.29 is 9.84 Å².